The molecule has 0 atom stereocenters. The number of hydrogen-bond acceptors (Lipinski definition) is 3. The molecule has 1 aromatic carbocycles. The SMILES string of the molecule is O=C(NCCNC(=O)C1CC1)c1ccc(Cl)cc1O. The van der Waals surface area contributed by atoms with Crippen LogP contribution in [-0.2, 0) is 4.79 Å². The minimum atomic E-state index is -0.394. The fourth-order valence-electron chi connectivity index (χ4n) is 1.64. The maximum Gasteiger partial charge on any atom is 0.255 e. The average Bonchev–Trinajstić information content (AvgIpc) is 3.18. The van der Waals surface area contributed by atoms with Crippen molar-refractivity contribution in [2.75, 3.05) is 13.1 Å². The Morgan fingerprint density at radius 2 is 1.95 bits per heavy atom. The van der Waals surface area contributed by atoms with Crippen LogP contribution in [0.5, 0.6) is 5.75 Å². The van der Waals surface area contributed by atoms with Crippen molar-refractivity contribution in [1.82, 2.24) is 10.6 Å². The number of nitrogens with one attached hydrogen (secondary N) is 2. The van der Waals surface area contributed by atoms with Crippen molar-refractivity contribution in [2.24, 2.45) is 5.92 Å². The fourth-order valence-corrected chi connectivity index (χ4v) is 1.81. The predicted octanol–water partition coefficient (Wildman–Crippen LogP) is 1.30. The highest BCUT2D eigenvalue weighted by atomic mass is 35.5. The highest BCUT2D eigenvalue weighted by molar-refractivity contribution is 6.30. The van der Waals surface area contributed by atoms with Crippen molar-refractivity contribution in [3.8, 4) is 5.75 Å². The van der Waals surface area contributed by atoms with Crippen LogP contribution in [0, 0.1) is 5.92 Å². The molecule has 102 valence electrons. The molecule has 1 aliphatic carbocycles. The summed E-state index contributed by atoms with van der Waals surface area (Å²) in [6, 6.07) is 4.30. The number of carbonyl (C=O) groups excluding carboxylic acids is 2. The summed E-state index contributed by atoms with van der Waals surface area (Å²) in [4.78, 5) is 23.1. The molecule has 0 saturated heterocycles. The number of aromatic hydroxyl groups is 1. The molecule has 3 N–H and O–H groups in total. The minimum Gasteiger partial charge on any atom is -0.507 e. The van der Waals surface area contributed by atoms with Crippen LogP contribution in [0.2, 0.25) is 5.02 Å². The topological polar surface area (TPSA) is 78.4 Å². The summed E-state index contributed by atoms with van der Waals surface area (Å²) in [5.74, 6) is -0.346. The van der Waals surface area contributed by atoms with Crippen LogP contribution >= 0.6 is 11.6 Å². The Kier molecular flexibility index (Phi) is 4.27. The van der Waals surface area contributed by atoms with Crippen molar-refractivity contribution in [3.63, 3.8) is 0 Å². The molecule has 1 fully saturated rings. The molecular formula is C13H15ClN2O3. The van der Waals surface area contributed by atoms with Crippen molar-refractivity contribution < 1.29 is 14.7 Å². The minimum absolute atomic E-state index is 0.0450. The average molecular weight is 283 g/mol. The summed E-state index contributed by atoms with van der Waals surface area (Å²) in [7, 11) is 0. The molecule has 0 radical (unpaired) electrons. The van der Waals surface area contributed by atoms with E-state index in [0.29, 0.717) is 18.1 Å². The number of benzene rings is 1. The van der Waals surface area contributed by atoms with Gasteiger partial charge in [-0.1, -0.05) is 11.6 Å². The van der Waals surface area contributed by atoms with Gasteiger partial charge in [0.25, 0.3) is 5.91 Å². The van der Waals surface area contributed by atoms with Crippen molar-refractivity contribution in [2.45, 2.75) is 12.8 Å². The predicted molar refractivity (Wildman–Crippen MR) is 71.2 cm³/mol. The van der Waals surface area contributed by atoms with Gasteiger partial charge in [0.15, 0.2) is 0 Å². The number of amides is 2. The Morgan fingerprint density at radius 3 is 2.58 bits per heavy atom. The number of carbonyl (C=O) groups is 2. The van der Waals surface area contributed by atoms with E-state index in [-0.39, 0.29) is 23.1 Å². The second-order valence-corrected chi connectivity index (χ2v) is 4.92. The lowest BCUT2D eigenvalue weighted by Gasteiger charge is -2.08. The number of rotatable bonds is 5. The van der Waals surface area contributed by atoms with Crippen LogP contribution in [0.25, 0.3) is 0 Å². The van der Waals surface area contributed by atoms with Crippen LogP contribution in [0.15, 0.2) is 18.2 Å². The Labute approximate surface area is 116 Å². The zero-order chi connectivity index (χ0) is 13.8. The third-order valence-corrected chi connectivity index (χ3v) is 3.10. The number of phenols is 1. The molecule has 0 spiro atoms. The summed E-state index contributed by atoms with van der Waals surface area (Å²) < 4.78 is 0. The molecule has 0 heterocycles. The van der Waals surface area contributed by atoms with Gasteiger partial charge in [-0.05, 0) is 31.0 Å². The van der Waals surface area contributed by atoms with E-state index >= 15 is 0 Å². The molecule has 0 bridgehead atoms. The summed E-state index contributed by atoms with van der Waals surface area (Å²) in [5.41, 5.74) is 0.165. The largest absolute Gasteiger partial charge is 0.507 e. The molecular weight excluding hydrogens is 268 g/mol. The van der Waals surface area contributed by atoms with E-state index in [0.717, 1.165) is 12.8 Å². The van der Waals surface area contributed by atoms with Crippen LogP contribution in [0.3, 0.4) is 0 Å². The Hall–Kier alpha value is -1.75. The Bertz CT molecular complexity index is 501. The van der Waals surface area contributed by atoms with Gasteiger partial charge in [-0.2, -0.15) is 0 Å². The van der Waals surface area contributed by atoms with Gasteiger partial charge >= 0.3 is 0 Å². The van der Waals surface area contributed by atoms with Gasteiger partial charge in [-0.3, -0.25) is 9.59 Å². The lowest BCUT2D eigenvalue weighted by Crippen LogP contribution is -2.35. The zero-order valence-corrected chi connectivity index (χ0v) is 11.0. The van der Waals surface area contributed by atoms with E-state index in [2.05, 4.69) is 10.6 Å². The quantitative estimate of drug-likeness (QED) is 0.712. The van der Waals surface area contributed by atoms with Gasteiger partial charge in [0.2, 0.25) is 5.91 Å². The normalized spacial score (nSPS) is 13.9. The van der Waals surface area contributed by atoms with E-state index in [9.17, 15) is 14.7 Å². The molecule has 2 rings (SSSR count). The van der Waals surface area contributed by atoms with Gasteiger partial charge in [0.05, 0.1) is 5.56 Å². The van der Waals surface area contributed by atoms with Gasteiger partial charge < -0.3 is 15.7 Å². The fraction of sp³-hybridized carbons (Fsp3) is 0.385. The summed E-state index contributed by atoms with van der Waals surface area (Å²) >= 11 is 5.68. The van der Waals surface area contributed by atoms with E-state index in [1.54, 1.807) is 0 Å². The number of halogens is 1. The van der Waals surface area contributed by atoms with Crippen molar-refractivity contribution in [1.29, 1.82) is 0 Å². The zero-order valence-electron chi connectivity index (χ0n) is 10.3. The van der Waals surface area contributed by atoms with Gasteiger partial charge in [0.1, 0.15) is 5.75 Å². The smallest absolute Gasteiger partial charge is 0.255 e. The standard InChI is InChI=1S/C13H15ClN2O3/c14-9-3-4-10(11(17)7-9)13(19)16-6-5-15-12(18)8-1-2-8/h3-4,7-8,17H,1-2,5-6H2,(H,15,18)(H,16,19). The maximum atomic E-state index is 11.7. The number of hydrogen-bond donors (Lipinski definition) is 3. The third-order valence-electron chi connectivity index (χ3n) is 2.86. The third kappa shape index (κ3) is 3.86. The van der Waals surface area contributed by atoms with Crippen molar-refractivity contribution >= 4 is 23.4 Å². The first-order chi connectivity index (χ1) is 9.08. The van der Waals surface area contributed by atoms with E-state index in [4.69, 9.17) is 11.6 Å². The first-order valence-electron chi connectivity index (χ1n) is 6.12. The highest BCUT2D eigenvalue weighted by Crippen LogP contribution is 2.28. The molecule has 1 aliphatic rings. The Morgan fingerprint density at radius 1 is 1.26 bits per heavy atom. The van der Waals surface area contributed by atoms with Gasteiger partial charge in [-0.25, -0.2) is 0 Å². The monoisotopic (exact) mass is 282 g/mol. The van der Waals surface area contributed by atoms with Crippen LogP contribution < -0.4 is 10.6 Å². The van der Waals surface area contributed by atoms with Crippen LogP contribution in [-0.4, -0.2) is 30.0 Å². The second kappa shape index (κ2) is 5.93. The summed E-state index contributed by atoms with van der Waals surface area (Å²) in [5, 5.41) is 15.3. The lowest BCUT2D eigenvalue weighted by molar-refractivity contribution is -0.122. The molecule has 5 nitrogen and oxygen atoms in total. The highest BCUT2D eigenvalue weighted by Gasteiger charge is 2.28. The van der Waals surface area contributed by atoms with E-state index < -0.39 is 5.91 Å². The number of phenolic OH excluding ortho intramolecular Hbond substituents is 1. The lowest BCUT2D eigenvalue weighted by atomic mass is 10.2. The Balaban J connectivity index is 1.75. The second-order valence-electron chi connectivity index (χ2n) is 4.48. The molecule has 0 aliphatic heterocycles. The molecule has 6 heteroatoms. The first kappa shape index (κ1) is 13.7. The van der Waals surface area contributed by atoms with Crippen molar-refractivity contribution in [3.05, 3.63) is 28.8 Å². The summed E-state index contributed by atoms with van der Waals surface area (Å²) in [6.45, 7) is 0.703. The van der Waals surface area contributed by atoms with E-state index in [1.807, 2.05) is 0 Å². The van der Waals surface area contributed by atoms with Crippen LogP contribution in [0.1, 0.15) is 23.2 Å². The van der Waals surface area contributed by atoms with Gasteiger partial charge in [0, 0.05) is 24.0 Å². The van der Waals surface area contributed by atoms with E-state index in [1.165, 1.54) is 18.2 Å². The molecule has 2 amide bonds. The summed E-state index contributed by atoms with van der Waals surface area (Å²) in [6.07, 6.45) is 1.91. The van der Waals surface area contributed by atoms with Crippen LogP contribution in [0.4, 0.5) is 0 Å². The molecule has 0 aromatic heterocycles. The first-order valence-corrected chi connectivity index (χ1v) is 6.50. The van der Waals surface area contributed by atoms with Gasteiger partial charge in [-0.15, -0.1) is 0 Å². The molecule has 1 saturated carbocycles. The molecule has 0 unspecified atom stereocenters. The molecule has 19 heavy (non-hydrogen) atoms. The maximum absolute atomic E-state index is 11.7. The molecule has 1 aromatic rings.